The number of ketones is 1. The zero-order valence-electron chi connectivity index (χ0n) is 14.3. The van der Waals surface area contributed by atoms with Gasteiger partial charge in [-0.3, -0.25) is 9.79 Å². The van der Waals surface area contributed by atoms with Crippen LogP contribution in [0.2, 0.25) is 0 Å². The van der Waals surface area contributed by atoms with E-state index in [1.807, 2.05) is 6.07 Å². The number of Topliss-reactive ketones (excluding diaryl/α,β-unsaturated/α-hetero) is 1. The van der Waals surface area contributed by atoms with Crippen molar-refractivity contribution >= 4 is 39.1 Å². The maximum atomic E-state index is 11.9. The summed E-state index contributed by atoms with van der Waals surface area (Å²) in [6, 6.07) is 5.34. The molecule has 24 heavy (non-hydrogen) atoms. The van der Waals surface area contributed by atoms with Crippen molar-refractivity contribution in [2.45, 2.75) is 51.9 Å². The van der Waals surface area contributed by atoms with Crippen LogP contribution in [0.25, 0.3) is 0 Å². The lowest BCUT2D eigenvalue weighted by molar-refractivity contribution is -0.118. The number of ether oxygens (including phenoxy) is 1. The quantitative estimate of drug-likeness (QED) is 0.489. The maximum absolute atomic E-state index is 11.9. The van der Waals surface area contributed by atoms with E-state index in [1.54, 1.807) is 12.1 Å². The zero-order valence-corrected chi connectivity index (χ0v) is 15.9. The predicted molar refractivity (Wildman–Crippen MR) is 99.1 cm³/mol. The van der Waals surface area contributed by atoms with Gasteiger partial charge in [0.2, 0.25) is 0 Å². The Labute approximate surface area is 151 Å². The molecule has 1 aliphatic carbocycles. The SMILES string of the molecule is CCCCCC1CCC(=O)CC1=Nc1cccc(C(=O)OC)c1Br. The predicted octanol–water partition coefficient (Wildman–Crippen LogP) is 5.26. The molecule has 0 spiro atoms. The number of benzene rings is 1. The van der Waals surface area contributed by atoms with Crippen LogP contribution >= 0.6 is 15.9 Å². The first-order valence-electron chi connectivity index (χ1n) is 8.52. The summed E-state index contributed by atoms with van der Waals surface area (Å²) < 4.78 is 5.41. The first kappa shape index (κ1) is 18.8. The molecule has 1 aromatic rings. The topological polar surface area (TPSA) is 55.7 Å². The van der Waals surface area contributed by atoms with Gasteiger partial charge in [-0.15, -0.1) is 0 Å². The minimum Gasteiger partial charge on any atom is -0.465 e. The summed E-state index contributed by atoms with van der Waals surface area (Å²) in [6.45, 7) is 2.19. The van der Waals surface area contributed by atoms with E-state index in [2.05, 4.69) is 22.9 Å². The van der Waals surface area contributed by atoms with Crippen molar-refractivity contribution in [3.05, 3.63) is 28.2 Å². The van der Waals surface area contributed by atoms with Gasteiger partial charge >= 0.3 is 5.97 Å². The molecule has 2 rings (SSSR count). The van der Waals surface area contributed by atoms with Gasteiger partial charge < -0.3 is 4.74 Å². The van der Waals surface area contributed by atoms with Crippen LogP contribution in [0.1, 0.15) is 62.2 Å². The average molecular weight is 394 g/mol. The molecule has 1 atom stereocenters. The second-order valence-electron chi connectivity index (χ2n) is 6.18. The highest BCUT2D eigenvalue weighted by Gasteiger charge is 2.25. The maximum Gasteiger partial charge on any atom is 0.339 e. The molecule has 0 radical (unpaired) electrons. The van der Waals surface area contributed by atoms with Crippen molar-refractivity contribution in [2.24, 2.45) is 10.9 Å². The van der Waals surface area contributed by atoms with Crippen LogP contribution in [0.4, 0.5) is 5.69 Å². The fourth-order valence-corrected chi connectivity index (χ4v) is 3.56. The Hall–Kier alpha value is -1.49. The second kappa shape index (κ2) is 9.11. The van der Waals surface area contributed by atoms with Gasteiger partial charge in [0.25, 0.3) is 0 Å². The first-order valence-corrected chi connectivity index (χ1v) is 9.32. The molecule has 1 saturated carbocycles. The van der Waals surface area contributed by atoms with Crippen LogP contribution in [-0.2, 0) is 9.53 Å². The number of nitrogens with zero attached hydrogens (tertiary/aromatic N) is 1. The molecule has 5 heteroatoms. The molecule has 1 unspecified atom stereocenters. The first-order chi connectivity index (χ1) is 11.6. The van der Waals surface area contributed by atoms with Gasteiger partial charge in [0.05, 0.1) is 22.8 Å². The third-order valence-electron chi connectivity index (χ3n) is 4.43. The van der Waals surface area contributed by atoms with E-state index < -0.39 is 5.97 Å². The van der Waals surface area contributed by atoms with Crippen LogP contribution in [0.15, 0.2) is 27.7 Å². The molecule has 0 aliphatic heterocycles. The Morgan fingerprint density at radius 1 is 1.38 bits per heavy atom. The molecular formula is C19H24BrNO3. The normalized spacial score (nSPS) is 19.5. The van der Waals surface area contributed by atoms with Gasteiger partial charge in [-0.25, -0.2) is 4.79 Å². The Kier molecular flexibility index (Phi) is 7.16. The lowest BCUT2D eigenvalue weighted by Gasteiger charge is -2.23. The van der Waals surface area contributed by atoms with Gasteiger partial charge in [-0.2, -0.15) is 0 Å². The number of unbranched alkanes of at least 4 members (excludes halogenated alkanes) is 2. The van der Waals surface area contributed by atoms with Crippen LogP contribution < -0.4 is 0 Å². The van der Waals surface area contributed by atoms with Crippen LogP contribution in [0.3, 0.4) is 0 Å². The number of carbonyl (C=O) groups is 2. The third-order valence-corrected chi connectivity index (χ3v) is 5.26. The van der Waals surface area contributed by atoms with E-state index in [-0.39, 0.29) is 5.78 Å². The fraction of sp³-hybridized carbons (Fsp3) is 0.526. The number of rotatable bonds is 6. The van der Waals surface area contributed by atoms with Crippen molar-refractivity contribution in [1.29, 1.82) is 0 Å². The number of hydrogen-bond acceptors (Lipinski definition) is 4. The molecule has 0 heterocycles. The van der Waals surface area contributed by atoms with Crippen molar-refractivity contribution in [3.8, 4) is 0 Å². The molecular weight excluding hydrogens is 370 g/mol. The van der Waals surface area contributed by atoms with Crippen molar-refractivity contribution < 1.29 is 14.3 Å². The molecule has 0 saturated heterocycles. The molecule has 1 aromatic carbocycles. The van der Waals surface area contributed by atoms with Crippen molar-refractivity contribution in [1.82, 2.24) is 0 Å². The number of aliphatic imine (C=N–C) groups is 1. The summed E-state index contributed by atoms with van der Waals surface area (Å²) >= 11 is 3.46. The van der Waals surface area contributed by atoms with E-state index in [0.29, 0.717) is 34.5 Å². The lowest BCUT2D eigenvalue weighted by atomic mass is 9.83. The highest BCUT2D eigenvalue weighted by molar-refractivity contribution is 9.10. The second-order valence-corrected chi connectivity index (χ2v) is 6.97. The van der Waals surface area contributed by atoms with Gasteiger partial charge in [0.1, 0.15) is 5.78 Å². The van der Waals surface area contributed by atoms with Crippen molar-refractivity contribution in [2.75, 3.05) is 7.11 Å². The lowest BCUT2D eigenvalue weighted by Crippen LogP contribution is -2.25. The molecule has 0 aromatic heterocycles. The van der Waals surface area contributed by atoms with Crippen LogP contribution in [-0.4, -0.2) is 24.6 Å². The van der Waals surface area contributed by atoms with Crippen LogP contribution in [0, 0.1) is 5.92 Å². The van der Waals surface area contributed by atoms with E-state index in [4.69, 9.17) is 9.73 Å². The van der Waals surface area contributed by atoms with Gasteiger partial charge in [0, 0.05) is 18.6 Å². The monoisotopic (exact) mass is 393 g/mol. The summed E-state index contributed by atoms with van der Waals surface area (Å²) in [6.07, 6.45) is 6.59. The number of halogens is 1. The minimum atomic E-state index is -0.400. The number of esters is 1. The Morgan fingerprint density at radius 3 is 2.88 bits per heavy atom. The molecule has 0 N–H and O–H groups in total. The van der Waals surface area contributed by atoms with Crippen LogP contribution in [0.5, 0.6) is 0 Å². The average Bonchev–Trinajstić information content (AvgIpc) is 2.58. The zero-order chi connectivity index (χ0) is 17.5. The standard InChI is InChI=1S/C19H24BrNO3/c1-3-4-5-7-13-10-11-14(22)12-17(13)21-16-9-6-8-15(18(16)20)19(23)24-2/h6,8-9,13H,3-5,7,10-12H2,1-2H3. The molecule has 1 aliphatic rings. The molecule has 0 amide bonds. The van der Waals surface area contributed by atoms with Crippen molar-refractivity contribution in [3.63, 3.8) is 0 Å². The Morgan fingerprint density at radius 2 is 2.17 bits per heavy atom. The number of methoxy groups -OCH3 is 1. The van der Waals surface area contributed by atoms with E-state index >= 15 is 0 Å². The van der Waals surface area contributed by atoms with Gasteiger partial charge in [0.15, 0.2) is 0 Å². The van der Waals surface area contributed by atoms with Gasteiger partial charge in [-0.1, -0.05) is 32.3 Å². The van der Waals surface area contributed by atoms with E-state index in [9.17, 15) is 9.59 Å². The Balaban J connectivity index is 2.28. The number of carbonyl (C=O) groups excluding carboxylic acids is 2. The highest BCUT2D eigenvalue weighted by Crippen LogP contribution is 2.33. The molecule has 4 nitrogen and oxygen atoms in total. The fourth-order valence-electron chi connectivity index (χ4n) is 3.05. The molecule has 130 valence electrons. The summed E-state index contributed by atoms with van der Waals surface area (Å²) in [5, 5.41) is 0. The summed E-state index contributed by atoms with van der Waals surface area (Å²) in [5.41, 5.74) is 2.08. The van der Waals surface area contributed by atoms with Gasteiger partial charge in [-0.05, 0) is 46.8 Å². The smallest absolute Gasteiger partial charge is 0.339 e. The number of hydrogen-bond donors (Lipinski definition) is 0. The largest absolute Gasteiger partial charge is 0.465 e. The molecule has 0 bridgehead atoms. The summed E-state index contributed by atoms with van der Waals surface area (Å²) in [4.78, 5) is 28.4. The molecule has 1 fully saturated rings. The highest BCUT2D eigenvalue weighted by atomic mass is 79.9. The third kappa shape index (κ3) is 4.76. The Bertz CT molecular complexity index is 639. The summed E-state index contributed by atoms with van der Waals surface area (Å²) in [5.74, 6) is 0.215. The summed E-state index contributed by atoms with van der Waals surface area (Å²) in [7, 11) is 1.36. The minimum absolute atomic E-state index is 0.251. The van der Waals surface area contributed by atoms with E-state index in [1.165, 1.54) is 20.0 Å². The van der Waals surface area contributed by atoms with E-state index in [0.717, 1.165) is 25.0 Å².